The van der Waals surface area contributed by atoms with Crippen LogP contribution in [0.5, 0.6) is 0 Å². The number of hydrogen-bond acceptors (Lipinski definition) is 4. The van der Waals surface area contributed by atoms with Crippen molar-refractivity contribution in [3.05, 3.63) is 121 Å². The second-order valence-corrected chi connectivity index (χ2v) is 11.5. The molecule has 178 valence electrons. The molecule has 0 fully saturated rings. The third kappa shape index (κ3) is 3.52. The highest BCUT2D eigenvalue weighted by Gasteiger charge is 2.21. The van der Waals surface area contributed by atoms with Gasteiger partial charge in [-0.1, -0.05) is 121 Å². The summed E-state index contributed by atoms with van der Waals surface area (Å²) in [5.74, 6) is 0. The van der Waals surface area contributed by atoms with Crippen molar-refractivity contribution in [2.45, 2.75) is 19.8 Å². The second-order valence-electron chi connectivity index (χ2n) is 9.42. The summed E-state index contributed by atoms with van der Waals surface area (Å²) < 4.78 is 0. The van der Waals surface area contributed by atoms with Crippen molar-refractivity contribution >= 4 is 56.1 Å². The van der Waals surface area contributed by atoms with Crippen LogP contribution in [0.4, 0.5) is 0 Å². The Balaban J connectivity index is 1.25. The minimum Gasteiger partial charge on any atom is -0.237 e. The highest BCUT2D eigenvalue weighted by Crippen LogP contribution is 2.49. The molecule has 0 bridgehead atoms. The van der Waals surface area contributed by atoms with Gasteiger partial charge < -0.3 is 0 Å². The molecule has 38 heavy (non-hydrogen) atoms. The lowest BCUT2D eigenvalue weighted by Crippen LogP contribution is -1.97. The molecule has 0 aliphatic carbocycles. The summed E-state index contributed by atoms with van der Waals surface area (Å²) in [4.78, 5) is 12.3. The molecular formula is C34H20N2S2. The average Bonchev–Trinajstić information content (AvgIpc) is 2.98. The zero-order chi connectivity index (χ0) is 25.1. The molecule has 7 aromatic rings. The van der Waals surface area contributed by atoms with Crippen LogP contribution in [0.25, 0.3) is 54.8 Å². The molecule has 0 saturated heterocycles. The molecule has 0 unspecified atom stereocenters. The van der Waals surface area contributed by atoms with Gasteiger partial charge in [-0.15, -0.1) is 0 Å². The van der Waals surface area contributed by atoms with Crippen LogP contribution in [0, 0.1) is 0 Å². The van der Waals surface area contributed by atoms with Crippen molar-refractivity contribution in [1.82, 2.24) is 9.97 Å². The van der Waals surface area contributed by atoms with Crippen LogP contribution < -0.4 is 0 Å². The first-order chi connectivity index (χ1) is 18.8. The van der Waals surface area contributed by atoms with Crippen LogP contribution in [0.1, 0.15) is 0 Å². The zero-order valence-corrected chi connectivity index (χ0v) is 21.9. The fraction of sp³-hybridized carbons (Fsp3) is 0. The molecule has 1 aliphatic heterocycles. The van der Waals surface area contributed by atoms with E-state index < -0.39 is 0 Å². The highest BCUT2D eigenvalue weighted by molar-refractivity contribution is 8.05. The van der Waals surface area contributed by atoms with Crippen molar-refractivity contribution in [2.24, 2.45) is 0 Å². The van der Waals surface area contributed by atoms with Crippen molar-refractivity contribution in [2.75, 3.05) is 0 Å². The van der Waals surface area contributed by atoms with Crippen LogP contribution in [0.2, 0.25) is 0 Å². The second kappa shape index (κ2) is 8.73. The summed E-state index contributed by atoms with van der Waals surface area (Å²) in [6.07, 6.45) is 0. The molecule has 0 radical (unpaired) electrons. The molecule has 2 heterocycles. The molecule has 0 amide bonds. The van der Waals surface area contributed by atoms with Gasteiger partial charge >= 0.3 is 0 Å². The maximum atomic E-state index is 4.92. The smallest absolute Gasteiger partial charge is 0.134 e. The van der Waals surface area contributed by atoms with Gasteiger partial charge in [-0.25, -0.2) is 9.97 Å². The predicted molar refractivity (Wildman–Crippen MR) is 160 cm³/mol. The number of fused-ring (bicyclic) bond motifs is 5. The average molecular weight is 521 g/mol. The first kappa shape index (κ1) is 21.9. The Bertz CT molecular complexity index is 2040. The van der Waals surface area contributed by atoms with Gasteiger partial charge in [0.25, 0.3) is 0 Å². The van der Waals surface area contributed by atoms with E-state index in [4.69, 9.17) is 9.97 Å². The van der Waals surface area contributed by atoms with E-state index >= 15 is 0 Å². The number of nitrogens with zero attached hydrogens (tertiary/aromatic N) is 2. The van der Waals surface area contributed by atoms with E-state index in [0.717, 1.165) is 21.1 Å². The maximum Gasteiger partial charge on any atom is 0.134 e. The molecule has 1 aromatic heterocycles. The molecule has 2 nitrogen and oxygen atoms in total. The molecule has 4 heteroatoms. The molecule has 0 N–H and O–H groups in total. The molecule has 0 atom stereocenters. The Morgan fingerprint density at radius 1 is 0.421 bits per heavy atom. The summed E-state index contributed by atoms with van der Waals surface area (Å²) in [5, 5.41) is 7.04. The minimum atomic E-state index is 0.939. The highest BCUT2D eigenvalue weighted by atomic mass is 32.2. The fourth-order valence-electron chi connectivity index (χ4n) is 5.39. The number of benzene rings is 6. The lowest BCUT2D eigenvalue weighted by molar-refractivity contribution is 0.953. The quantitative estimate of drug-likeness (QED) is 0.226. The van der Waals surface area contributed by atoms with E-state index in [2.05, 4.69) is 97.1 Å². The van der Waals surface area contributed by atoms with Gasteiger partial charge in [-0.3, -0.25) is 0 Å². The van der Waals surface area contributed by atoms with E-state index in [1.54, 1.807) is 23.5 Å². The van der Waals surface area contributed by atoms with Gasteiger partial charge in [0.05, 0.1) is 11.0 Å². The van der Waals surface area contributed by atoms with Gasteiger partial charge in [0, 0.05) is 9.79 Å². The number of aromatic nitrogens is 2. The molecule has 8 rings (SSSR count). The molecular weight excluding hydrogens is 501 g/mol. The van der Waals surface area contributed by atoms with Crippen LogP contribution in [0.15, 0.2) is 141 Å². The first-order valence-electron chi connectivity index (χ1n) is 12.6. The largest absolute Gasteiger partial charge is 0.237 e. The third-order valence-electron chi connectivity index (χ3n) is 7.18. The van der Waals surface area contributed by atoms with Gasteiger partial charge in [0.1, 0.15) is 10.1 Å². The van der Waals surface area contributed by atoms with E-state index in [1.807, 2.05) is 24.3 Å². The van der Waals surface area contributed by atoms with E-state index in [1.165, 1.54) is 53.6 Å². The lowest BCUT2D eigenvalue weighted by Gasteiger charge is -2.19. The van der Waals surface area contributed by atoms with Crippen molar-refractivity contribution in [3.8, 4) is 22.3 Å². The van der Waals surface area contributed by atoms with Crippen molar-refractivity contribution < 1.29 is 0 Å². The van der Waals surface area contributed by atoms with Gasteiger partial charge in [-0.2, -0.15) is 0 Å². The summed E-state index contributed by atoms with van der Waals surface area (Å²) in [6, 6.07) is 43.4. The summed E-state index contributed by atoms with van der Waals surface area (Å²) >= 11 is 3.43. The van der Waals surface area contributed by atoms with Gasteiger partial charge in [0.15, 0.2) is 0 Å². The zero-order valence-electron chi connectivity index (χ0n) is 20.3. The van der Waals surface area contributed by atoms with Crippen LogP contribution >= 0.6 is 23.5 Å². The maximum absolute atomic E-state index is 4.92. The SMILES string of the molecule is c1ccc2c(-c3ccc(-c4ccc5c(c4)Sc4nc6ccccc6nc4S5)c4ccccc34)cccc2c1. The first-order valence-corrected chi connectivity index (χ1v) is 14.2. The minimum absolute atomic E-state index is 0.939. The van der Waals surface area contributed by atoms with Crippen LogP contribution in [-0.2, 0) is 0 Å². The summed E-state index contributed by atoms with van der Waals surface area (Å²) in [5.41, 5.74) is 6.88. The Hall–Kier alpha value is -4.12. The molecule has 6 aromatic carbocycles. The molecule has 0 saturated carbocycles. The summed E-state index contributed by atoms with van der Waals surface area (Å²) in [6.45, 7) is 0. The van der Waals surface area contributed by atoms with Crippen LogP contribution in [0.3, 0.4) is 0 Å². The van der Waals surface area contributed by atoms with E-state index in [9.17, 15) is 0 Å². The van der Waals surface area contributed by atoms with Crippen molar-refractivity contribution in [3.63, 3.8) is 0 Å². The lowest BCUT2D eigenvalue weighted by atomic mass is 9.90. The summed E-state index contributed by atoms with van der Waals surface area (Å²) in [7, 11) is 0. The van der Waals surface area contributed by atoms with E-state index in [0.29, 0.717) is 0 Å². The van der Waals surface area contributed by atoms with Crippen molar-refractivity contribution in [1.29, 1.82) is 0 Å². The third-order valence-corrected chi connectivity index (χ3v) is 9.53. The Morgan fingerprint density at radius 3 is 1.79 bits per heavy atom. The Kier molecular flexibility index (Phi) is 5.03. The van der Waals surface area contributed by atoms with E-state index in [-0.39, 0.29) is 0 Å². The molecule has 0 spiro atoms. The topological polar surface area (TPSA) is 25.8 Å². The van der Waals surface area contributed by atoms with Crippen LogP contribution in [-0.4, -0.2) is 9.97 Å². The predicted octanol–water partition coefficient (Wildman–Crippen LogP) is 9.89. The normalized spacial score (nSPS) is 12.5. The standard InChI is InChI=1S/C34H20N2S2/c1-2-10-23-21(8-1)9-7-13-26(23)28-18-17-24(25-11-3-4-12-27(25)28)22-16-19-31-32(20-22)38-34-33(37-31)35-29-14-5-6-15-30(29)36-34/h1-20H. The Morgan fingerprint density at radius 2 is 1.00 bits per heavy atom. The number of para-hydroxylation sites is 2. The monoisotopic (exact) mass is 520 g/mol. The Labute approximate surface area is 228 Å². The fourth-order valence-corrected chi connectivity index (χ4v) is 7.52. The number of rotatable bonds is 2. The van der Waals surface area contributed by atoms with Gasteiger partial charge in [-0.05, 0) is 68.1 Å². The number of hydrogen-bond donors (Lipinski definition) is 0. The van der Waals surface area contributed by atoms with Gasteiger partial charge in [0.2, 0.25) is 0 Å². The molecule has 1 aliphatic rings.